The lowest BCUT2D eigenvalue weighted by atomic mass is 10.0. The number of aromatic nitrogens is 4. The average molecular weight is 338 g/mol. The Balaban J connectivity index is 1.85. The molecule has 0 spiro atoms. The van der Waals surface area contributed by atoms with Crippen molar-refractivity contribution in [2.24, 2.45) is 7.05 Å². The molecule has 0 amide bonds. The zero-order chi connectivity index (χ0) is 18.0. The van der Waals surface area contributed by atoms with Crippen LogP contribution in [0.1, 0.15) is 39.2 Å². The molecule has 6 heteroatoms. The topological polar surface area (TPSA) is 67.7 Å². The Bertz CT molecular complexity index is 847. The summed E-state index contributed by atoms with van der Waals surface area (Å²) < 4.78 is 1.77. The van der Waals surface area contributed by atoms with Crippen molar-refractivity contribution in [3.8, 4) is 0 Å². The van der Waals surface area contributed by atoms with Crippen LogP contribution in [-0.2, 0) is 7.05 Å². The summed E-state index contributed by atoms with van der Waals surface area (Å²) in [5, 5.41) is 12.1. The molecule has 3 aromatic rings. The van der Waals surface area contributed by atoms with Crippen LogP contribution in [0.2, 0.25) is 0 Å². The first-order chi connectivity index (χ1) is 11.8. The van der Waals surface area contributed by atoms with Gasteiger partial charge in [-0.3, -0.25) is 4.68 Å². The molecule has 0 saturated heterocycles. The van der Waals surface area contributed by atoms with Crippen LogP contribution in [0, 0.1) is 0 Å². The number of nitrogens with one attached hydrogen (secondary N) is 2. The van der Waals surface area contributed by atoms with Crippen LogP contribution in [0.15, 0.2) is 36.5 Å². The Labute approximate surface area is 148 Å². The number of hydrogen-bond acceptors (Lipinski definition) is 5. The SMILES string of the molecule is C[C@@H](CNc1nc(NC(C)(C)C)c2cnn(C)c2n1)c1ccccc1. The third kappa shape index (κ3) is 4.07. The highest BCUT2D eigenvalue weighted by molar-refractivity contribution is 5.87. The van der Waals surface area contributed by atoms with Crippen molar-refractivity contribution in [3.63, 3.8) is 0 Å². The van der Waals surface area contributed by atoms with Gasteiger partial charge in [-0.05, 0) is 32.3 Å². The normalized spacial score (nSPS) is 13.0. The largest absolute Gasteiger partial charge is 0.365 e. The number of anilines is 2. The van der Waals surface area contributed by atoms with Gasteiger partial charge in [0.1, 0.15) is 5.82 Å². The van der Waals surface area contributed by atoms with E-state index in [-0.39, 0.29) is 5.54 Å². The summed E-state index contributed by atoms with van der Waals surface area (Å²) in [5.41, 5.74) is 2.02. The maximum Gasteiger partial charge on any atom is 0.226 e. The molecule has 6 nitrogen and oxygen atoms in total. The molecule has 0 bridgehead atoms. The van der Waals surface area contributed by atoms with Crippen molar-refractivity contribution in [3.05, 3.63) is 42.1 Å². The zero-order valence-electron chi connectivity index (χ0n) is 15.5. The van der Waals surface area contributed by atoms with Crippen LogP contribution in [0.5, 0.6) is 0 Å². The van der Waals surface area contributed by atoms with Gasteiger partial charge in [0.2, 0.25) is 5.95 Å². The highest BCUT2D eigenvalue weighted by atomic mass is 15.3. The lowest BCUT2D eigenvalue weighted by Crippen LogP contribution is -2.27. The van der Waals surface area contributed by atoms with Crippen LogP contribution < -0.4 is 10.6 Å². The first-order valence-corrected chi connectivity index (χ1v) is 8.60. The van der Waals surface area contributed by atoms with Crippen molar-refractivity contribution >= 4 is 22.8 Å². The van der Waals surface area contributed by atoms with Gasteiger partial charge in [-0.15, -0.1) is 0 Å². The van der Waals surface area contributed by atoms with Crippen LogP contribution in [0.25, 0.3) is 11.0 Å². The molecule has 1 aromatic carbocycles. The highest BCUT2D eigenvalue weighted by Gasteiger charge is 2.17. The van der Waals surface area contributed by atoms with Crippen LogP contribution in [-0.4, -0.2) is 31.8 Å². The lowest BCUT2D eigenvalue weighted by Gasteiger charge is -2.22. The van der Waals surface area contributed by atoms with E-state index < -0.39 is 0 Å². The molecule has 2 N–H and O–H groups in total. The van der Waals surface area contributed by atoms with E-state index in [2.05, 4.69) is 77.7 Å². The second-order valence-electron chi connectivity index (χ2n) is 7.47. The number of fused-ring (bicyclic) bond motifs is 1. The molecule has 1 atom stereocenters. The lowest BCUT2D eigenvalue weighted by molar-refractivity contribution is 0.631. The van der Waals surface area contributed by atoms with E-state index in [1.165, 1.54) is 5.56 Å². The Morgan fingerprint density at radius 3 is 2.52 bits per heavy atom. The standard InChI is InChI=1S/C19H26N6/c1-13(14-9-7-6-8-10-14)11-20-18-22-16(24-19(2,3)4)15-12-21-25(5)17(15)23-18/h6-10,12-13H,11H2,1-5H3,(H2,20,22,23,24)/t13-/m0/s1. The number of benzene rings is 1. The fraction of sp³-hybridized carbons (Fsp3) is 0.421. The predicted molar refractivity (Wildman–Crippen MR) is 103 cm³/mol. The van der Waals surface area contributed by atoms with Crippen LogP contribution in [0.3, 0.4) is 0 Å². The van der Waals surface area contributed by atoms with E-state index in [4.69, 9.17) is 0 Å². The van der Waals surface area contributed by atoms with E-state index >= 15 is 0 Å². The van der Waals surface area contributed by atoms with E-state index in [1.54, 1.807) is 10.9 Å². The second-order valence-corrected chi connectivity index (χ2v) is 7.47. The molecule has 0 aliphatic carbocycles. The molecule has 2 heterocycles. The maximum absolute atomic E-state index is 4.68. The minimum Gasteiger partial charge on any atom is -0.365 e. The minimum absolute atomic E-state index is 0.0915. The summed E-state index contributed by atoms with van der Waals surface area (Å²) in [6.07, 6.45) is 1.81. The van der Waals surface area contributed by atoms with Gasteiger partial charge >= 0.3 is 0 Å². The first-order valence-electron chi connectivity index (χ1n) is 8.60. The third-order valence-electron chi connectivity index (χ3n) is 4.02. The predicted octanol–water partition coefficient (Wildman–Crippen LogP) is 3.79. The molecule has 0 saturated carbocycles. The Morgan fingerprint density at radius 1 is 1.12 bits per heavy atom. The summed E-state index contributed by atoms with van der Waals surface area (Å²) >= 11 is 0. The molecule has 0 aliphatic rings. The van der Waals surface area contributed by atoms with Crippen molar-refractivity contribution in [2.45, 2.75) is 39.2 Å². The zero-order valence-corrected chi connectivity index (χ0v) is 15.5. The van der Waals surface area contributed by atoms with E-state index in [1.807, 2.05) is 13.1 Å². The molecule has 0 aliphatic heterocycles. The van der Waals surface area contributed by atoms with Crippen LogP contribution in [0.4, 0.5) is 11.8 Å². The molecule has 25 heavy (non-hydrogen) atoms. The van der Waals surface area contributed by atoms with E-state index in [0.717, 1.165) is 23.4 Å². The molecular formula is C19H26N6. The van der Waals surface area contributed by atoms with Gasteiger partial charge in [0.15, 0.2) is 5.65 Å². The number of nitrogens with zero attached hydrogens (tertiary/aromatic N) is 4. The summed E-state index contributed by atoms with van der Waals surface area (Å²) in [7, 11) is 1.90. The molecular weight excluding hydrogens is 312 g/mol. The number of aryl methyl sites for hydroxylation is 1. The van der Waals surface area contributed by atoms with Gasteiger partial charge in [0.25, 0.3) is 0 Å². The second kappa shape index (κ2) is 6.70. The Hall–Kier alpha value is -2.63. The summed E-state index contributed by atoms with van der Waals surface area (Å²) in [5.74, 6) is 1.79. The van der Waals surface area contributed by atoms with Crippen molar-refractivity contribution < 1.29 is 0 Å². The smallest absolute Gasteiger partial charge is 0.226 e. The quantitative estimate of drug-likeness (QED) is 0.741. The van der Waals surface area contributed by atoms with Gasteiger partial charge in [-0.1, -0.05) is 37.3 Å². The molecule has 0 fully saturated rings. The molecule has 0 unspecified atom stereocenters. The fourth-order valence-electron chi connectivity index (χ4n) is 2.70. The monoisotopic (exact) mass is 338 g/mol. The molecule has 3 rings (SSSR count). The Kier molecular flexibility index (Phi) is 4.61. The van der Waals surface area contributed by atoms with Crippen molar-refractivity contribution in [1.82, 2.24) is 19.7 Å². The van der Waals surface area contributed by atoms with Gasteiger partial charge in [-0.25, -0.2) is 0 Å². The molecule has 0 radical (unpaired) electrons. The minimum atomic E-state index is -0.0915. The van der Waals surface area contributed by atoms with Gasteiger partial charge in [0.05, 0.1) is 11.6 Å². The summed E-state index contributed by atoms with van der Waals surface area (Å²) in [6.45, 7) is 9.30. The summed E-state index contributed by atoms with van der Waals surface area (Å²) in [6, 6.07) is 10.5. The average Bonchev–Trinajstić information content (AvgIpc) is 2.94. The van der Waals surface area contributed by atoms with Crippen molar-refractivity contribution in [1.29, 1.82) is 0 Å². The molecule has 2 aromatic heterocycles. The van der Waals surface area contributed by atoms with Crippen LogP contribution >= 0.6 is 0 Å². The van der Waals surface area contributed by atoms with Gasteiger partial charge < -0.3 is 10.6 Å². The highest BCUT2D eigenvalue weighted by Crippen LogP contribution is 2.24. The Morgan fingerprint density at radius 2 is 1.84 bits per heavy atom. The first kappa shape index (κ1) is 17.2. The number of hydrogen-bond donors (Lipinski definition) is 2. The van der Waals surface area contributed by atoms with Crippen molar-refractivity contribution in [2.75, 3.05) is 17.2 Å². The van der Waals surface area contributed by atoms with Gasteiger partial charge in [0, 0.05) is 19.1 Å². The maximum atomic E-state index is 4.68. The third-order valence-corrected chi connectivity index (χ3v) is 4.02. The summed E-state index contributed by atoms with van der Waals surface area (Å²) in [4.78, 5) is 9.31. The van der Waals surface area contributed by atoms with E-state index in [0.29, 0.717) is 11.9 Å². The van der Waals surface area contributed by atoms with E-state index in [9.17, 15) is 0 Å². The fourth-order valence-corrected chi connectivity index (χ4v) is 2.70. The molecule has 132 valence electrons. The number of rotatable bonds is 5. The van der Waals surface area contributed by atoms with Gasteiger partial charge in [-0.2, -0.15) is 15.1 Å².